The van der Waals surface area contributed by atoms with Crippen molar-refractivity contribution in [1.82, 2.24) is 9.97 Å². The highest BCUT2D eigenvalue weighted by molar-refractivity contribution is 14.1. The predicted molar refractivity (Wildman–Crippen MR) is 96.7 cm³/mol. The summed E-state index contributed by atoms with van der Waals surface area (Å²) in [5.74, 6) is 1.12. The highest BCUT2D eigenvalue weighted by Gasteiger charge is 2.23. The third-order valence-electron chi connectivity index (χ3n) is 4.06. The molecule has 0 saturated heterocycles. The first-order chi connectivity index (χ1) is 10.1. The van der Waals surface area contributed by atoms with Gasteiger partial charge in [0.2, 0.25) is 0 Å². The number of hydrogen-bond donors (Lipinski definition) is 1. The van der Waals surface area contributed by atoms with E-state index in [-0.39, 0.29) is 5.56 Å². The molecule has 1 fully saturated rings. The molecule has 110 valence electrons. The van der Waals surface area contributed by atoms with E-state index in [0.29, 0.717) is 11.7 Å². The van der Waals surface area contributed by atoms with Crippen molar-refractivity contribution in [2.24, 2.45) is 0 Å². The predicted octanol–water partition coefficient (Wildman–Crippen LogP) is 4.77. The summed E-state index contributed by atoms with van der Waals surface area (Å²) in [6.07, 6.45) is 4.76. The number of aryl methyl sites for hydroxylation is 1. The summed E-state index contributed by atoms with van der Waals surface area (Å²) in [6.45, 7) is 2.04. The van der Waals surface area contributed by atoms with Crippen LogP contribution in [0.3, 0.4) is 0 Å². The summed E-state index contributed by atoms with van der Waals surface area (Å²) in [6, 6.07) is 6.03. The minimum absolute atomic E-state index is 0.0249. The van der Waals surface area contributed by atoms with Gasteiger partial charge in [-0.1, -0.05) is 34.8 Å². The maximum absolute atomic E-state index is 12.2. The average Bonchev–Trinajstić information content (AvgIpc) is 2.98. The van der Waals surface area contributed by atoms with E-state index in [1.54, 1.807) is 0 Å². The lowest BCUT2D eigenvalue weighted by Crippen LogP contribution is -2.18. The molecule has 2 aromatic rings. The van der Waals surface area contributed by atoms with E-state index in [9.17, 15) is 4.79 Å². The molecule has 1 heterocycles. The van der Waals surface area contributed by atoms with Crippen molar-refractivity contribution in [2.45, 2.75) is 38.5 Å². The second kappa shape index (κ2) is 6.20. The third-order valence-corrected chi connectivity index (χ3v) is 5.99. The molecule has 0 atom stereocenters. The van der Waals surface area contributed by atoms with Crippen LogP contribution in [0.25, 0.3) is 11.4 Å². The summed E-state index contributed by atoms with van der Waals surface area (Å²) in [5.41, 5.74) is 3.05. The Morgan fingerprint density at radius 3 is 2.71 bits per heavy atom. The largest absolute Gasteiger partial charge is 0.306 e. The first-order valence-corrected chi connectivity index (χ1v) is 8.99. The summed E-state index contributed by atoms with van der Waals surface area (Å²) in [7, 11) is 0. The molecular weight excluding hydrogens is 443 g/mol. The molecule has 0 amide bonds. The number of halogens is 2. The average molecular weight is 459 g/mol. The molecular formula is C16H16BrIN2O. The first-order valence-electron chi connectivity index (χ1n) is 7.12. The minimum Gasteiger partial charge on any atom is -0.306 e. The number of hydrogen-bond acceptors (Lipinski definition) is 2. The van der Waals surface area contributed by atoms with Gasteiger partial charge in [-0.05, 0) is 60.1 Å². The van der Waals surface area contributed by atoms with Gasteiger partial charge in [0, 0.05) is 16.0 Å². The van der Waals surface area contributed by atoms with Gasteiger partial charge in [-0.15, -0.1) is 0 Å². The Hall–Kier alpha value is -0.690. The van der Waals surface area contributed by atoms with Gasteiger partial charge in [-0.2, -0.15) is 0 Å². The Kier molecular flexibility index (Phi) is 4.49. The maximum atomic E-state index is 12.2. The van der Waals surface area contributed by atoms with Crippen LogP contribution in [-0.2, 0) is 0 Å². The molecule has 0 radical (unpaired) electrons. The normalized spacial score (nSPS) is 15.6. The fraction of sp³-hybridized carbons (Fsp3) is 0.375. The van der Waals surface area contributed by atoms with E-state index < -0.39 is 0 Å². The quantitative estimate of drug-likeness (QED) is 0.659. The van der Waals surface area contributed by atoms with Gasteiger partial charge in [-0.3, -0.25) is 4.79 Å². The summed E-state index contributed by atoms with van der Waals surface area (Å²) in [4.78, 5) is 19.9. The Labute approximate surface area is 145 Å². The topological polar surface area (TPSA) is 45.8 Å². The Morgan fingerprint density at radius 2 is 2.05 bits per heavy atom. The number of nitrogens with one attached hydrogen (secondary N) is 1. The zero-order valence-corrected chi connectivity index (χ0v) is 15.5. The number of rotatable bonds is 2. The standard InChI is InChI=1S/C16H16BrIN2O/c1-9-8-11(6-7-12(9)17)15-19-14(10-4-2-3-5-10)13(18)16(21)20-15/h6-8,10H,2-5H2,1H3,(H,19,20,21). The van der Waals surface area contributed by atoms with E-state index in [4.69, 9.17) is 4.98 Å². The van der Waals surface area contributed by atoms with Crippen molar-refractivity contribution >= 4 is 38.5 Å². The maximum Gasteiger partial charge on any atom is 0.264 e. The second-order valence-electron chi connectivity index (χ2n) is 5.56. The number of nitrogens with zero attached hydrogens (tertiary/aromatic N) is 1. The van der Waals surface area contributed by atoms with Crippen LogP contribution in [0.4, 0.5) is 0 Å². The zero-order chi connectivity index (χ0) is 15.0. The fourth-order valence-corrected chi connectivity index (χ4v) is 3.82. The van der Waals surface area contributed by atoms with E-state index in [1.807, 2.05) is 25.1 Å². The van der Waals surface area contributed by atoms with Crippen LogP contribution in [0.1, 0.15) is 42.9 Å². The molecule has 3 rings (SSSR count). The van der Waals surface area contributed by atoms with Crippen LogP contribution in [0.2, 0.25) is 0 Å². The number of benzene rings is 1. The highest BCUT2D eigenvalue weighted by Crippen LogP contribution is 2.35. The zero-order valence-electron chi connectivity index (χ0n) is 11.7. The van der Waals surface area contributed by atoms with Gasteiger partial charge in [-0.25, -0.2) is 4.98 Å². The smallest absolute Gasteiger partial charge is 0.264 e. The molecule has 1 aromatic heterocycles. The summed E-state index contributed by atoms with van der Waals surface area (Å²) < 4.78 is 1.81. The van der Waals surface area contributed by atoms with Gasteiger partial charge in [0.25, 0.3) is 5.56 Å². The molecule has 3 nitrogen and oxygen atoms in total. The molecule has 0 unspecified atom stereocenters. The van der Waals surface area contributed by atoms with Crippen molar-refractivity contribution in [2.75, 3.05) is 0 Å². The van der Waals surface area contributed by atoms with Gasteiger partial charge < -0.3 is 4.98 Å². The van der Waals surface area contributed by atoms with Crippen LogP contribution < -0.4 is 5.56 Å². The van der Waals surface area contributed by atoms with Gasteiger partial charge in [0.05, 0.1) is 9.26 Å². The second-order valence-corrected chi connectivity index (χ2v) is 7.49. The molecule has 1 aromatic carbocycles. The number of H-pyrrole nitrogens is 1. The number of aromatic nitrogens is 2. The molecule has 0 aliphatic heterocycles. The van der Waals surface area contributed by atoms with Gasteiger partial charge in [0.15, 0.2) is 0 Å². The van der Waals surface area contributed by atoms with Crippen LogP contribution in [-0.4, -0.2) is 9.97 Å². The van der Waals surface area contributed by atoms with E-state index in [2.05, 4.69) is 43.5 Å². The van der Waals surface area contributed by atoms with Crippen molar-refractivity contribution in [3.63, 3.8) is 0 Å². The lowest BCUT2D eigenvalue weighted by molar-refractivity contribution is 0.687. The molecule has 0 spiro atoms. The summed E-state index contributed by atoms with van der Waals surface area (Å²) >= 11 is 5.63. The van der Waals surface area contributed by atoms with E-state index in [0.717, 1.165) is 37.7 Å². The Balaban J connectivity index is 2.10. The molecule has 1 saturated carbocycles. The van der Waals surface area contributed by atoms with Crippen LogP contribution in [0.15, 0.2) is 27.5 Å². The summed E-state index contributed by atoms with van der Waals surface area (Å²) in [5, 5.41) is 0. The third kappa shape index (κ3) is 3.08. The minimum atomic E-state index is -0.0249. The monoisotopic (exact) mass is 458 g/mol. The van der Waals surface area contributed by atoms with Crippen molar-refractivity contribution in [3.8, 4) is 11.4 Å². The van der Waals surface area contributed by atoms with Crippen molar-refractivity contribution in [3.05, 3.63) is 47.9 Å². The SMILES string of the molecule is Cc1cc(-c2nc(C3CCCC3)c(I)c(=O)[nH]2)ccc1Br. The van der Waals surface area contributed by atoms with Crippen LogP contribution >= 0.6 is 38.5 Å². The molecule has 1 aliphatic carbocycles. The van der Waals surface area contributed by atoms with Crippen molar-refractivity contribution < 1.29 is 0 Å². The Morgan fingerprint density at radius 1 is 1.33 bits per heavy atom. The van der Waals surface area contributed by atoms with Crippen LogP contribution in [0, 0.1) is 10.5 Å². The molecule has 1 aliphatic rings. The van der Waals surface area contributed by atoms with E-state index in [1.165, 1.54) is 12.8 Å². The molecule has 0 bridgehead atoms. The Bertz CT molecular complexity index is 736. The lowest BCUT2D eigenvalue weighted by atomic mass is 10.0. The first kappa shape index (κ1) is 15.2. The molecule has 5 heteroatoms. The van der Waals surface area contributed by atoms with Gasteiger partial charge in [0.1, 0.15) is 5.82 Å². The van der Waals surface area contributed by atoms with Crippen molar-refractivity contribution in [1.29, 1.82) is 0 Å². The van der Waals surface area contributed by atoms with Gasteiger partial charge >= 0.3 is 0 Å². The van der Waals surface area contributed by atoms with Crippen LogP contribution in [0.5, 0.6) is 0 Å². The molecule has 21 heavy (non-hydrogen) atoms. The van der Waals surface area contributed by atoms with E-state index >= 15 is 0 Å². The highest BCUT2D eigenvalue weighted by atomic mass is 127. The fourth-order valence-electron chi connectivity index (χ4n) is 2.87. The lowest BCUT2D eigenvalue weighted by Gasteiger charge is -2.12. The molecule has 1 N–H and O–H groups in total. The number of aromatic amines is 1.